The number of para-hydroxylation sites is 1. The molecule has 0 aliphatic carbocycles. The van der Waals surface area contributed by atoms with E-state index in [1.807, 2.05) is 25.1 Å². The molecule has 2 rings (SSSR count). The van der Waals surface area contributed by atoms with Crippen molar-refractivity contribution in [1.82, 2.24) is 0 Å². The molecule has 0 fully saturated rings. The maximum atomic E-state index is 9.90. The van der Waals surface area contributed by atoms with Crippen LogP contribution in [0.4, 0.5) is 11.4 Å². The number of unbranched alkanes of at least 4 members (excludes halogenated alkanes) is 1. The fourth-order valence-corrected chi connectivity index (χ4v) is 2.44. The Morgan fingerprint density at radius 3 is 2.10 bits per heavy atom. The van der Waals surface area contributed by atoms with Crippen molar-refractivity contribution in [2.24, 2.45) is 0 Å². The molecule has 112 valence electrons. The summed E-state index contributed by atoms with van der Waals surface area (Å²) in [5.74, 6) is 0. The molecule has 2 aromatic rings. The van der Waals surface area contributed by atoms with Gasteiger partial charge in [-0.05, 0) is 42.7 Å². The normalized spacial score (nSPS) is 12.1. The number of rotatable bonds is 7. The molecule has 0 aliphatic heterocycles. The monoisotopic (exact) mass is 283 g/mol. The zero-order valence-electron chi connectivity index (χ0n) is 13.0. The van der Waals surface area contributed by atoms with Gasteiger partial charge in [-0.3, -0.25) is 0 Å². The standard InChI is InChI=1S/C19H25NO/c1-3-5-15-20(17-9-7-6-8-10-17)18-13-11-16(12-14-18)19(21)4-2/h6-14,19,21H,3-5,15H2,1-2H3/t19-/m0/s1. The first kappa shape index (κ1) is 15.6. The second kappa shape index (κ2) is 7.84. The quantitative estimate of drug-likeness (QED) is 0.767. The van der Waals surface area contributed by atoms with Crippen molar-refractivity contribution in [3.05, 3.63) is 60.2 Å². The van der Waals surface area contributed by atoms with Gasteiger partial charge in [0.2, 0.25) is 0 Å². The van der Waals surface area contributed by atoms with Gasteiger partial charge in [0.1, 0.15) is 0 Å². The molecule has 2 heteroatoms. The van der Waals surface area contributed by atoms with E-state index in [1.54, 1.807) is 0 Å². The Hall–Kier alpha value is -1.80. The lowest BCUT2D eigenvalue weighted by Gasteiger charge is -2.25. The van der Waals surface area contributed by atoms with Crippen molar-refractivity contribution in [1.29, 1.82) is 0 Å². The van der Waals surface area contributed by atoms with Gasteiger partial charge in [-0.15, -0.1) is 0 Å². The third-order valence-corrected chi connectivity index (χ3v) is 3.78. The van der Waals surface area contributed by atoms with Crippen LogP contribution in [0.1, 0.15) is 44.8 Å². The Bertz CT molecular complexity index is 521. The van der Waals surface area contributed by atoms with Gasteiger partial charge in [0, 0.05) is 17.9 Å². The van der Waals surface area contributed by atoms with Gasteiger partial charge >= 0.3 is 0 Å². The lowest BCUT2D eigenvalue weighted by atomic mass is 10.1. The zero-order chi connectivity index (χ0) is 15.1. The third kappa shape index (κ3) is 4.08. The number of nitrogens with zero attached hydrogens (tertiary/aromatic N) is 1. The van der Waals surface area contributed by atoms with Crippen molar-refractivity contribution >= 4 is 11.4 Å². The lowest BCUT2D eigenvalue weighted by molar-refractivity contribution is 0.173. The second-order valence-electron chi connectivity index (χ2n) is 5.36. The maximum Gasteiger partial charge on any atom is 0.0787 e. The summed E-state index contributed by atoms with van der Waals surface area (Å²) in [5, 5.41) is 9.90. The topological polar surface area (TPSA) is 23.5 Å². The summed E-state index contributed by atoms with van der Waals surface area (Å²) in [5.41, 5.74) is 3.39. The lowest BCUT2D eigenvalue weighted by Crippen LogP contribution is -2.18. The summed E-state index contributed by atoms with van der Waals surface area (Å²) >= 11 is 0. The predicted octanol–water partition coefficient (Wildman–Crippen LogP) is 5.07. The molecule has 0 unspecified atom stereocenters. The molecule has 0 heterocycles. The van der Waals surface area contributed by atoms with Gasteiger partial charge in [-0.2, -0.15) is 0 Å². The molecule has 0 saturated carbocycles. The van der Waals surface area contributed by atoms with Crippen molar-refractivity contribution in [3.8, 4) is 0 Å². The molecular weight excluding hydrogens is 258 g/mol. The smallest absolute Gasteiger partial charge is 0.0787 e. The highest BCUT2D eigenvalue weighted by molar-refractivity contribution is 5.63. The van der Waals surface area contributed by atoms with Crippen LogP contribution in [-0.2, 0) is 0 Å². The molecule has 1 N–H and O–H groups in total. The van der Waals surface area contributed by atoms with E-state index in [2.05, 4.69) is 48.2 Å². The molecule has 0 aromatic heterocycles. The van der Waals surface area contributed by atoms with Gasteiger partial charge in [-0.1, -0.05) is 50.6 Å². The van der Waals surface area contributed by atoms with E-state index in [4.69, 9.17) is 0 Å². The van der Waals surface area contributed by atoms with E-state index in [-0.39, 0.29) is 6.10 Å². The van der Waals surface area contributed by atoms with Crippen molar-refractivity contribution in [3.63, 3.8) is 0 Å². The number of hydrogen-bond donors (Lipinski definition) is 1. The molecule has 0 amide bonds. The molecule has 1 atom stereocenters. The highest BCUT2D eigenvalue weighted by atomic mass is 16.3. The molecule has 21 heavy (non-hydrogen) atoms. The fourth-order valence-electron chi connectivity index (χ4n) is 2.44. The van der Waals surface area contributed by atoms with E-state index in [0.717, 1.165) is 24.9 Å². The van der Waals surface area contributed by atoms with Gasteiger partial charge in [0.15, 0.2) is 0 Å². The number of aliphatic hydroxyl groups is 1. The van der Waals surface area contributed by atoms with Gasteiger partial charge in [0.25, 0.3) is 0 Å². The second-order valence-corrected chi connectivity index (χ2v) is 5.36. The van der Waals surface area contributed by atoms with Crippen molar-refractivity contribution in [2.75, 3.05) is 11.4 Å². The number of hydrogen-bond acceptors (Lipinski definition) is 2. The first-order valence-corrected chi connectivity index (χ1v) is 7.86. The van der Waals surface area contributed by atoms with Crippen LogP contribution >= 0.6 is 0 Å². The molecular formula is C19H25NO. The highest BCUT2D eigenvalue weighted by Crippen LogP contribution is 2.27. The fraction of sp³-hybridized carbons (Fsp3) is 0.368. The number of aliphatic hydroxyl groups excluding tert-OH is 1. The summed E-state index contributed by atoms with van der Waals surface area (Å²) in [4.78, 5) is 2.34. The molecule has 0 saturated heterocycles. The first-order chi connectivity index (χ1) is 10.3. The highest BCUT2D eigenvalue weighted by Gasteiger charge is 2.10. The van der Waals surface area contributed by atoms with Crippen LogP contribution in [0, 0.1) is 0 Å². The minimum atomic E-state index is -0.361. The minimum Gasteiger partial charge on any atom is -0.388 e. The van der Waals surface area contributed by atoms with Crippen LogP contribution in [0.15, 0.2) is 54.6 Å². The molecule has 0 aliphatic rings. The van der Waals surface area contributed by atoms with E-state index < -0.39 is 0 Å². The van der Waals surface area contributed by atoms with Gasteiger partial charge in [-0.25, -0.2) is 0 Å². The molecule has 2 aromatic carbocycles. The largest absolute Gasteiger partial charge is 0.388 e. The summed E-state index contributed by atoms with van der Waals surface area (Å²) in [7, 11) is 0. The third-order valence-electron chi connectivity index (χ3n) is 3.78. The first-order valence-electron chi connectivity index (χ1n) is 7.86. The van der Waals surface area contributed by atoms with Crippen LogP contribution in [0.2, 0.25) is 0 Å². The van der Waals surface area contributed by atoms with Crippen LogP contribution in [0.3, 0.4) is 0 Å². The average molecular weight is 283 g/mol. The van der Waals surface area contributed by atoms with Crippen LogP contribution in [-0.4, -0.2) is 11.7 Å². The van der Waals surface area contributed by atoms with Crippen LogP contribution < -0.4 is 4.90 Å². The van der Waals surface area contributed by atoms with Gasteiger partial charge in [0.05, 0.1) is 6.10 Å². The molecule has 2 nitrogen and oxygen atoms in total. The Kier molecular flexibility index (Phi) is 5.82. The average Bonchev–Trinajstić information content (AvgIpc) is 2.56. The summed E-state index contributed by atoms with van der Waals surface area (Å²) in [6.07, 6.45) is 2.72. The van der Waals surface area contributed by atoms with Crippen molar-refractivity contribution in [2.45, 2.75) is 39.2 Å². The Morgan fingerprint density at radius 1 is 0.905 bits per heavy atom. The SMILES string of the molecule is CCCCN(c1ccccc1)c1ccc([C@@H](O)CC)cc1. The predicted molar refractivity (Wildman–Crippen MR) is 90.0 cm³/mol. The van der Waals surface area contributed by atoms with Crippen LogP contribution in [0.25, 0.3) is 0 Å². The summed E-state index contributed by atoms with van der Waals surface area (Å²) < 4.78 is 0. The summed E-state index contributed by atoms with van der Waals surface area (Å²) in [6.45, 7) is 5.22. The van der Waals surface area contributed by atoms with E-state index in [0.29, 0.717) is 0 Å². The number of benzene rings is 2. The Balaban J connectivity index is 2.24. The Labute approximate surface area is 128 Å². The van der Waals surface area contributed by atoms with Gasteiger partial charge < -0.3 is 10.0 Å². The van der Waals surface area contributed by atoms with E-state index >= 15 is 0 Å². The summed E-state index contributed by atoms with van der Waals surface area (Å²) in [6, 6.07) is 18.8. The zero-order valence-corrected chi connectivity index (χ0v) is 13.0. The maximum absolute atomic E-state index is 9.90. The van der Waals surface area contributed by atoms with Crippen LogP contribution in [0.5, 0.6) is 0 Å². The number of anilines is 2. The van der Waals surface area contributed by atoms with E-state index in [1.165, 1.54) is 17.8 Å². The van der Waals surface area contributed by atoms with E-state index in [9.17, 15) is 5.11 Å². The van der Waals surface area contributed by atoms with Crippen molar-refractivity contribution < 1.29 is 5.11 Å². The minimum absolute atomic E-state index is 0.361. The Morgan fingerprint density at radius 2 is 1.52 bits per heavy atom. The molecule has 0 spiro atoms. The molecule has 0 bridgehead atoms. The molecule has 0 radical (unpaired) electrons.